The lowest BCUT2D eigenvalue weighted by Gasteiger charge is -2.29. The first-order chi connectivity index (χ1) is 17.4. The fourth-order valence-corrected chi connectivity index (χ4v) is 5.91. The fraction of sp³-hybridized carbons (Fsp3) is 0.423. The minimum Gasteiger partial charge on any atom is -0.469 e. The van der Waals surface area contributed by atoms with Crippen LogP contribution in [0, 0.1) is 5.92 Å². The van der Waals surface area contributed by atoms with Gasteiger partial charge in [0.2, 0.25) is 21.8 Å². The van der Waals surface area contributed by atoms with Crippen LogP contribution >= 0.6 is 0 Å². The second-order valence-electron chi connectivity index (χ2n) is 9.44. The van der Waals surface area contributed by atoms with E-state index < -0.39 is 10.0 Å². The summed E-state index contributed by atoms with van der Waals surface area (Å²) in [6.45, 7) is 3.02. The molecule has 2 aliphatic rings. The van der Waals surface area contributed by atoms with E-state index in [9.17, 15) is 13.2 Å². The van der Waals surface area contributed by atoms with Crippen LogP contribution in [0.5, 0.6) is 5.88 Å². The van der Waals surface area contributed by atoms with E-state index in [0.717, 1.165) is 11.1 Å². The maximum Gasteiger partial charge on any atom is 0.240 e. The average molecular weight is 511 g/mol. The summed E-state index contributed by atoms with van der Waals surface area (Å²) in [5, 5.41) is 3.75. The molecule has 1 aliphatic heterocycles. The molecule has 0 radical (unpaired) electrons. The summed E-state index contributed by atoms with van der Waals surface area (Å²) in [6, 6.07) is 13.7. The molecule has 10 heteroatoms. The molecule has 1 aliphatic carbocycles. The molecule has 1 amide bonds. The highest BCUT2D eigenvalue weighted by Gasteiger charge is 2.30. The van der Waals surface area contributed by atoms with Crippen LogP contribution in [0.15, 0.2) is 59.6 Å². The number of carbonyl (C=O) groups excluding carboxylic acids is 1. The Labute approximate surface area is 210 Å². The van der Waals surface area contributed by atoms with Gasteiger partial charge in [0.25, 0.3) is 0 Å². The number of nitrogens with zero attached hydrogens (tertiary/aromatic N) is 2. The summed E-state index contributed by atoms with van der Waals surface area (Å²) < 4.78 is 39.8. The lowest BCUT2D eigenvalue weighted by molar-refractivity contribution is -0.126. The van der Waals surface area contributed by atoms with Crippen molar-refractivity contribution in [2.75, 3.05) is 13.2 Å². The number of benzene rings is 1. The van der Waals surface area contributed by atoms with Gasteiger partial charge in [-0.2, -0.15) is 0 Å². The van der Waals surface area contributed by atoms with Gasteiger partial charge in [0.1, 0.15) is 6.10 Å². The molecule has 3 aromatic rings. The van der Waals surface area contributed by atoms with Gasteiger partial charge in [0.15, 0.2) is 0 Å². The van der Waals surface area contributed by atoms with Crippen molar-refractivity contribution in [2.45, 2.75) is 55.7 Å². The van der Waals surface area contributed by atoms with Crippen LogP contribution in [0.1, 0.15) is 44.3 Å². The van der Waals surface area contributed by atoms with Crippen LogP contribution in [0.3, 0.4) is 0 Å². The predicted octanol–water partition coefficient (Wildman–Crippen LogP) is 3.12. The quantitative estimate of drug-likeness (QED) is 0.478. The van der Waals surface area contributed by atoms with Crippen molar-refractivity contribution in [3.63, 3.8) is 0 Å². The number of ether oxygens (including phenoxy) is 2. The highest BCUT2D eigenvalue weighted by molar-refractivity contribution is 7.89. The van der Waals surface area contributed by atoms with Gasteiger partial charge < -0.3 is 14.8 Å². The summed E-state index contributed by atoms with van der Waals surface area (Å²) in [6.07, 6.45) is 4.20. The smallest absolute Gasteiger partial charge is 0.240 e. The molecule has 1 aromatic carbocycles. The Kier molecular flexibility index (Phi) is 7.17. The third kappa shape index (κ3) is 5.66. The molecule has 1 atom stereocenters. The molecule has 0 unspecified atom stereocenters. The zero-order chi connectivity index (χ0) is 25.1. The van der Waals surface area contributed by atoms with Gasteiger partial charge in [0.05, 0.1) is 35.4 Å². The zero-order valence-electron chi connectivity index (χ0n) is 20.1. The van der Waals surface area contributed by atoms with Crippen LogP contribution in [-0.2, 0) is 19.6 Å². The first kappa shape index (κ1) is 24.6. The molecule has 0 bridgehead atoms. The van der Waals surface area contributed by atoms with Crippen molar-refractivity contribution in [3.8, 4) is 5.88 Å². The molecule has 5 rings (SSSR count). The van der Waals surface area contributed by atoms with E-state index in [4.69, 9.17) is 9.47 Å². The summed E-state index contributed by atoms with van der Waals surface area (Å²) in [4.78, 5) is 21.7. The minimum atomic E-state index is -3.70. The molecular formula is C26H30N4O5S. The molecule has 2 aromatic heterocycles. The van der Waals surface area contributed by atoms with E-state index in [-0.39, 0.29) is 34.9 Å². The average Bonchev–Trinajstić information content (AvgIpc) is 2.86. The van der Waals surface area contributed by atoms with Crippen molar-refractivity contribution in [1.82, 2.24) is 20.0 Å². The van der Waals surface area contributed by atoms with Crippen molar-refractivity contribution in [2.24, 2.45) is 5.92 Å². The van der Waals surface area contributed by atoms with Gasteiger partial charge in [-0.1, -0.05) is 6.07 Å². The molecule has 9 nitrogen and oxygen atoms in total. The number of aromatic nitrogens is 2. The van der Waals surface area contributed by atoms with Crippen molar-refractivity contribution >= 4 is 26.8 Å². The Morgan fingerprint density at radius 3 is 2.58 bits per heavy atom. The SMILES string of the molecule is C[C@@H](NC(=O)C1CCC(NS(=O)(=O)c2ccc3nc(OC4COC4)ccc3c2)CC1)c1ccccn1. The lowest BCUT2D eigenvalue weighted by Crippen LogP contribution is -2.41. The fourth-order valence-electron chi connectivity index (χ4n) is 4.57. The number of hydrogen-bond acceptors (Lipinski definition) is 7. The Morgan fingerprint density at radius 1 is 1.08 bits per heavy atom. The van der Waals surface area contributed by atoms with E-state index >= 15 is 0 Å². The second kappa shape index (κ2) is 10.5. The summed E-state index contributed by atoms with van der Waals surface area (Å²) in [5.41, 5.74) is 1.48. The van der Waals surface area contributed by atoms with E-state index in [1.165, 1.54) is 0 Å². The van der Waals surface area contributed by atoms with Crippen molar-refractivity contribution in [1.29, 1.82) is 0 Å². The monoisotopic (exact) mass is 510 g/mol. The third-order valence-corrected chi connectivity index (χ3v) is 8.27. The summed E-state index contributed by atoms with van der Waals surface area (Å²) in [7, 11) is -3.70. The van der Waals surface area contributed by atoms with E-state index in [2.05, 4.69) is 20.0 Å². The highest BCUT2D eigenvalue weighted by atomic mass is 32.2. The van der Waals surface area contributed by atoms with Crippen LogP contribution < -0.4 is 14.8 Å². The Hall–Kier alpha value is -3.08. The van der Waals surface area contributed by atoms with Gasteiger partial charge >= 0.3 is 0 Å². The highest BCUT2D eigenvalue weighted by Crippen LogP contribution is 2.27. The van der Waals surface area contributed by atoms with E-state index in [0.29, 0.717) is 50.3 Å². The number of pyridine rings is 2. The number of hydrogen-bond donors (Lipinski definition) is 2. The molecule has 190 valence electrons. The van der Waals surface area contributed by atoms with E-state index in [1.54, 1.807) is 30.5 Å². The lowest BCUT2D eigenvalue weighted by atomic mass is 9.86. The first-order valence-corrected chi connectivity index (χ1v) is 13.7. The number of nitrogens with one attached hydrogen (secondary N) is 2. The third-order valence-electron chi connectivity index (χ3n) is 6.75. The first-order valence-electron chi connectivity index (χ1n) is 12.3. The number of amides is 1. The van der Waals surface area contributed by atoms with Gasteiger partial charge in [0, 0.05) is 29.6 Å². The predicted molar refractivity (Wildman–Crippen MR) is 134 cm³/mol. The molecule has 1 saturated heterocycles. The van der Waals surface area contributed by atoms with Gasteiger partial charge in [-0.15, -0.1) is 0 Å². The van der Waals surface area contributed by atoms with E-state index in [1.807, 2.05) is 31.2 Å². The number of fused-ring (bicyclic) bond motifs is 1. The second-order valence-corrected chi connectivity index (χ2v) is 11.2. The number of carbonyl (C=O) groups is 1. The largest absolute Gasteiger partial charge is 0.469 e. The maximum absolute atomic E-state index is 13.1. The summed E-state index contributed by atoms with van der Waals surface area (Å²) in [5.74, 6) is 0.357. The maximum atomic E-state index is 13.1. The zero-order valence-corrected chi connectivity index (χ0v) is 20.9. The van der Waals surface area contributed by atoms with Crippen LogP contribution in [0.25, 0.3) is 10.9 Å². The molecule has 0 spiro atoms. The Bertz CT molecular complexity index is 1320. The van der Waals surface area contributed by atoms with Gasteiger partial charge in [-0.05, 0) is 69.0 Å². The van der Waals surface area contributed by atoms with Crippen molar-refractivity contribution in [3.05, 3.63) is 60.4 Å². The van der Waals surface area contributed by atoms with Gasteiger partial charge in [-0.25, -0.2) is 18.1 Å². The van der Waals surface area contributed by atoms with Crippen LogP contribution in [-0.4, -0.2) is 49.7 Å². The molecule has 2 N–H and O–H groups in total. The summed E-state index contributed by atoms with van der Waals surface area (Å²) >= 11 is 0. The van der Waals surface area contributed by atoms with Crippen LogP contribution in [0.2, 0.25) is 0 Å². The minimum absolute atomic E-state index is 0.00956. The topological polar surface area (TPSA) is 120 Å². The Balaban J connectivity index is 1.16. The molecule has 3 heterocycles. The standard InChI is InChI=1S/C26H30N4O5S/c1-17(23-4-2-3-13-27-23)28-26(31)18-5-8-20(9-6-18)30-36(32,33)22-10-11-24-19(14-22)7-12-25(29-24)35-21-15-34-16-21/h2-4,7,10-14,17-18,20-21,30H,5-6,8-9,15-16H2,1H3,(H,28,31)/t17-,18?,20?/m1/s1. The number of sulfonamides is 1. The molecular weight excluding hydrogens is 480 g/mol. The molecule has 36 heavy (non-hydrogen) atoms. The van der Waals surface area contributed by atoms with Gasteiger partial charge in [-0.3, -0.25) is 9.78 Å². The van der Waals surface area contributed by atoms with Crippen molar-refractivity contribution < 1.29 is 22.7 Å². The molecule has 1 saturated carbocycles. The van der Waals surface area contributed by atoms with Crippen LogP contribution in [0.4, 0.5) is 0 Å². The number of rotatable bonds is 8. The molecule has 2 fully saturated rings. The Morgan fingerprint density at radius 2 is 1.89 bits per heavy atom. The normalized spacial score (nSPS) is 21.5.